The van der Waals surface area contributed by atoms with Crippen LogP contribution in [0.15, 0.2) is 29.2 Å². The molecule has 20 heavy (non-hydrogen) atoms. The largest absolute Gasteiger partial charge is 0.382 e. The van der Waals surface area contributed by atoms with Gasteiger partial charge in [0.15, 0.2) is 0 Å². The van der Waals surface area contributed by atoms with Crippen molar-refractivity contribution in [3.63, 3.8) is 0 Å². The molecule has 0 spiro atoms. The topological polar surface area (TPSA) is 46.9 Å². The zero-order valence-electron chi connectivity index (χ0n) is 10.7. The van der Waals surface area contributed by atoms with Gasteiger partial charge in [0.05, 0.1) is 11.9 Å². The molecule has 1 N–H and O–H groups in total. The Balaban J connectivity index is 2.03. The van der Waals surface area contributed by atoms with Crippen molar-refractivity contribution < 1.29 is 0 Å². The zero-order chi connectivity index (χ0) is 14.7. The van der Waals surface area contributed by atoms with Gasteiger partial charge in [-0.1, -0.05) is 40.9 Å². The van der Waals surface area contributed by atoms with Gasteiger partial charge in [-0.25, -0.2) is 4.68 Å². The van der Waals surface area contributed by atoms with Gasteiger partial charge in [0.2, 0.25) is 0 Å². The Morgan fingerprint density at radius 1 is 1.30 bits per heavy atom. The standard InChI is InChI=1S/C13H12Cl3N3O/c1-19-13(20)12(16)11(7-18-19)17-5-4-8-2-3-9(14)6-10(8)15/h2-3,6-7,17H,4-5H2,1H3. The Hall–Kier alpha value is -1.23. The first-order chi connectivity index (χ1) is 9.49. The lowest BCUT2D eigenvalue weighted by Crippen LogP contribution is -2.21. The summed E-state index contributed by atoms with van der Waals surface area (Å²) in [5, 5.41) is 8.33. The molecule has 0 unspecified atom stereocenters. The lowest BCUT2D eigenvalue weighted by atomic mass is 10.1. The fraction of sp³-hybridized carbons (Fsp3) is 0.231. The number of nitrogens with zero attached hydrogens (tertiary/aromatic N) is 2. The monoisotopic (exact) mass is 331 g/mol. The molecule has 0 saturated carbocycles. The van der Waals surface area contributed by atoms with E-state index >= 15 is 0 Å². The second-order valence-electron chi connectivity index (χ2n) is 4.21. The summed E-state index contributed by atoms with van der Waals surface area (Å²) < 4.78 is 1.18. The quantitative estimate of drug-likeness (QED) is 0.933. The summed E-state index contributed by atoms with van der Waals surface area (Å²) in [4.78, 5) is 11.6. The molecule has 0 aliphatic carbocycles. The van der Waals surface area contributed by atoms with Gasteiger partial charge in [-0.2, -0.15) is 5.10 Å². The first kappa shape index (κ1) is 15.2. The highest BCUT2D eigenvalue weighted by Crippen LogP contribution is 2.22. The molecule has 1 heterocycles. The zero-order valence-corrected chi connectivity index (χ0v) is 12.9. The van der Waals surface area contributed by atoms with Gasteiger partial charge in [-0.3, -0.25) is 4.79 Å². The van der Waals surface area contributed by atoms with Crippen LogP contribution in [0.4, 0.5) is 5.69 Å². The van der Waals surface area contributed by atoms with Crippen LogP contribution in [0.3, 0.4) is 0 Å². The van der Waals surface area contributed by atoms with Crippen molar-refractivity contribution in [2.24, 2.45) is 7.05 Å². The number of nitrogens with one attached hydrogen (secondary N) is 1. The maximum Gasteiger partial charge on any atom is 0.287 e. The molecule has 4 nitrogen and oxygen atoms in total. The van der Waals surface area contributed by atoms with Crippen LogP contribution in [-0.4, -0.2) is 16.3 Å². The molecule has 0 aliphatic rings. The Kier molecular flexibility index (Phi) is 4.91. The highest BCUT2D eigenvalue weighted by Gasteiger charge is 2.07. The Morgan fingerprint density at radius 3 is 2.75 bits per heavy atom. The van der Waals surface area contributed by atoms with Crippen molar-refractivity contribution in [2.45, 2.75) is 6.42 Å². The van der Waals surface area contributed by atoms with E-state index in [-0.39, 0.29) is 10.6 Å². The second kappa shape index (κ2) is 6.48. The lowest BCUT2D eigenvalue weighted by molar-refractivity contribution is 0.708. The average molecular weight is 333 g/mol. The van der Waals surface area contributed by atoms with Crippen LogP contribution < -0.4 is 10.9 Å². The van der Waals surface area contributed by atoms with Gasteiger partial charge in [0.25, 0.3) is 5.56 Å². The molecule has 2 aromatic rings. The summed E-state index contributed by atoms with van der Waals surface area (Å²) in [5.74, 6) is 0. The van der Waals surface area contributed by atoms with E-state index in [0.717, 1.165) is 5.56 Å². The highest BCUT2D eigenvalue weighted by molar-refractivity contribution is 6.35. The number of aryl methyl sites for hydroxylation is 1. The van der Waals surface area contributed by atoms with E-state index in [0.29, 0.717) is 28.7 Å². The number of anilines is 1. The maximum absolute atomic E-state index is 11.6. The van der Waals surface area contributed by atoms with Crippen LogP contribution in [0.1, 0.15) is 5.56 Å². The molecule has 0 radical (unpaired) electrons. The number of hydrogen-bond acceptors (Lipinski definition) is 3. The van der Waals surface area contributed by atoms with Crippen LogP contribution in [0.25, 0.3) is 0 Å². The van der Waals surface area contributed by atoms with Crippen LogP contribution in [-0.2, 0) is 13.5 Å². The third-order valence-corrected chi connectivity index (χ3v) is 3.76. The smallest absolute Gasteiger partial charge is 0.287 e. The molecule has 0 aliphatic heterocycles. The first-order valence-electron chi connectivity index (χ1n) is 5.88. The molecule has 0 atom stereocenters. The van der Waals surface area contributed by atoms with Crippen LogP contribution in [0.2, 0.25) is 15.1 Å². The van der Waals surface area contributed by atoms with Gasteiger partial charge < -0.3 is 5.32 Å². The van der Waals surface area contributed by atoms with Crippen molar-refractivity contribution >= 4 is 40.5 Å². The summed E-state index contributed by atoms with van der Waals surface area (Å²) in [6.45, 7) is 0.579. The number of hydrogen-bond donors (Lipinski definition) is 1. The third-order valence-electron chi connectivity index (χ3n) is 2.80. The van der Waals surface area contributed by atoms with Crippen LogP contribution in [0, 0.1) is 0 Å². The van der Waals surface area contributed by atoms with Crippen molar-refractivity contribution in [2.75, 3.05) is 11.9 Å². The number of halogens is 3. The molecule has 0 bridgehead atoms. The minimum atomic E-state index is -0.332. The second-order valence-corrected chi connectivity index (χ2v) is 5.44. The summed E-state index contributed by atoms with van der Waals surface area (Å²) in [7, 11) is 1.55. The van der Waals surface area contributed by atoms with E-state index < -0.39 is 0 Å². The van der Waals surface area contributed by atoms with Gasteiger partial charge in [0, 0.05) is 23.6 Å². The van der Waals surface area contributed by atoms with Crippen LogP contribution >= 0.6 is 34.8 Å². The van der Waals surface area contributed by atoms with Gasteiger partial charge in [-0.05, 0) is 24.1 Å². The van der Waals surface area contributed by atoms with E-state index in [2.05, 4.69) is 10.4 Å². The molecular weight excluding hydrogens is 321 g/mol. The highest BCUT2D eigenvalue weighted by atomic mass is 35.5. The lowest BCUT2D eigenvalue weighted by Gasteiger charge is -2.09. The van der Waals surface area contributed by atoms with Crippen molar-refractivity contribution in [1.82, 2.24) is 9.78 Å². The molecular formula is C13H12Cl3N3O. The van der Waals surface area contributed by atoms with E-state index in [1.807, 2.05) is 6.07 Å². The van der Waals surface area contributed by atoms with E-state index in [1.54, 1.807) is 19.2 Å². The first-order valence-corrected chi connectivity index (χ1v) is 7.02. The maximum atomic E-state index is 11.6. The van der Waals surface area contributed by atoms with Gasteiger partial charge in [0.1, 0.15) is 5.02 Å². The van der Waals surface area contributed by atoms with E-state index in [1.165, 1.54) is 10.9 Å². The summed E-state index contributed by atoms with van der Waals surface area (Å²) in [6.07, 6.45) is 2.20. The summed E-state index contributed by atoms with van der Waals surface area (Å²) >= 11 is 17.9. The number of rotatable bonds is 4. The normalized spacial score (nSPS) is 10.6. The van der Waals surface area contributed by atoms with E-state index in [4.69, 9.17) is 34.8 Å². The fourth-order valence-corrected chi connectivity index (χ4v) is 2.43. The predicted molar refractivity (Wildman–Crippen MR) is 83.1 cm³/mol. The Morgan fingerprint density at radius 2 is 2.05 bits per heavy atom. The van der Waals surface area contributed by atoms with Gasteiger partial charge >= 0.3 is 0 Å². The minimum absolute atomic E-state index is 0.129. The summed E-state index contributed by atoms with van der Waals surface area (Å²) in [6, 6.07) is 5.36. The van der Waals surface area contributed by atoms with Crippen LogP contribution in [0.5, 0.6) is 0 Å². The molecule has 1 aromatic carbocycles. The number of aromatic nitrogens is 2. The molecule has 2 rings (SSSR count). The van der Waals surface area contributed by atoms with Crippen molar-refractivity contribution in [3.05, 3.63) is 55.4 Å². The summed E-state index contributed by atoms with van der Waals surface area (Å²) in [5.41, 5.74) is 1.15. The molecule has 1 aromatic heterocycles. The molecule has 0 amide bonds. The molecule has 7 heteroatoms. The van der Waals surface area contributed by atoms with Gasteiger partial charge in [-0.15, -0.1) is 0 Å². The number of benzene rings is 1. The molecule has 0 fully saturated rings. The molecule has 0 saturated heterocycles. The minimum Gasteiger partial charge on any atom is -0.382 e. The molecule has 106 valence electrons. The SMILES string of the molecule is Cn1ncc(NCCc2ccc(Cl)cc2Cl)c(Cl)c1=O. The Labute approximate surface area is 131 Å². The van der Waals surface area contributed by atoms with E-state index in [9.17, 15) is 4.79 Å². The predicted octanol–water partition coefficient (Wildman–Crippen LogP) is 3.40. The fourth-order valence-electron chi connectivity index (χ4n) is 1.69. The van der Waals surface area contributed by atoms with Crippen molar-refractivity contribution in [1.29, 1.82) is 0 Å². The Bertz CT molecular complexity index is 685. The van der Waals surface area contributed by atoms with Crippen molar-refractivity contribution in [3.8, 4) is 0 Å². The third kappa shape index (κ3) is 3.45. The average Bonchev–Trinajstić information content (AvgIpc) is 2.41.